The van der Waals surface area contributed by atoms with E-state index in [1.54, 1.807) is 107 Å². The van der Waals surface area contributed by atoms with Crippen LogP contribution >= 0.6 is 79.4 Å². The van der Waals surface area contributed by atoms with Crippen LogP contribution in [0.15, 0.2) is 123 Å². The lowest BCUT2D eigenvalue weighted by Gasteiger charge is -2.28. The number of nitro benzene ring substituents is 3. The van der Waals surface area contributed by atoms with Gasteiger partial charge in [0.05, 0.1) is 230 Å². The summed E-state index contributed by atoms with van der Waals surface area (Å²) in [5.74, 6) is 4.22. The highest BCUT2D eigenvalue weighted by Crippen LogP contribution is 2.38. The number of nitro groups is 3. The van der Waals surface area contributed by atoms with E-state index < -0.39 is 62.0 Å². The van der Waals surface area contributed by atoms with E-state index in [0.29, 0.717) is 158 Å². The SMILES string of the molecule is C#Cc1nn([C@H]2C[C@H](COC)N(C(=O)C=C)C2)c(NC)c1C(N)=O.C=CC(=O)N1C[C@@H](n2nc(C#Cc3cc4ncn(C5COC5)c4cc3F)c(C(N)=O)c2NC)C[C@@H]1COC.COC(OC)OC.Fc1cc2c(cc1I)ncn2C1COC1.NC1COC1.Nc1cc(I)c(F)cc1NC1COC1.O=[N+]([O-])c1cc(I)c(F)cc1NC1COC1.O=[N+]([O-])c1ccc(Cl)cc1F.O=[N+]([O-])c1ccc(F)cc1NC1COC1. The molecule has 0 spiro atoms. The minimum Gasteiger partial charge on any atom is -0.397 e. The van der Waals surface area contributed by atoms with Crippen molar-refractivity contribution in [2.45, 2.75) is 79.7 Å². The number of fused-ring (bicyclic) bond motifs is 2. The average molecular weight is 2380 g/mol. The minimum atomic E-state index is -0.914. The number of methoxy groups -OCH3 is 5. The third kappa shape index (κ3) is 30.3. The lowest BCUT2D eigenvalue weighted by atomic mass is 10.1. The number of carbonyl (C=O) groups is 4. The van der Waals surface area contributed by atoms with Crippen molar-refractivity contribution in [1.29, 1.82) is 0 Å². The number of ether oxygens (including phenoxy) is 11. The lowest BCUT2D eigenvalue weighted by Crippen LogP contribution is -2.41. The molecule has 0 saturated carbocycles. The smallest absolute Gasteiger partial charge is 0.304 e. The molecular weight excluding hydrogens is 2280 g/mol. The van der Waals surface area contributed by atoms with Gasteiger partial charge in [0, 0.05) is 116 Å². The third-order valence-corrected chi connectivity index (χ3v) is 25.2. The molecule has 18 rings (SSSR count). The molecule has 0 bridgehead atoms. The summed E-state index contributed by atoms with van der Waals surface area (Å²) < 4.78 is 143. The number of nitrogen functional groups attached to an aromatic ring is 1. The Morgan fingerprint density at radius 3 is 1.34 bits per heavy atom. The van der Waals surface area contributed by atoms with Crippen molar-refractivity contribution in [3.8, 4) is 24.2 Å². The van der Waals surface area contributed by atoms with E-state index in [0.717, 1.165) is 60.6 Å². The number of terminal acetylenes is 1. The Labute approximate surface area is 871 Å². The Morgan fingerprint density at radius 2 is 0.945 bits per heavy atom. The van der Waals surface area contributed by atoms with Crippen LogP contribution < -0.4 is 49.5 Å². The first-order valence-corrected chi connectivity index (χ1v) is 47.5. The molecule has 4 aromatic heterocycles. The number of rotatable bonds is 26. The third-order valence-electron chi connectivity index (χ3n) is 22.5. The summed E-state index contributed by atoms with van der Waals surface area (Å²) in [5.41, 5.74) is 26.6. The van der Waals surface area contributed by atoms with Crippen molar-refractivity contribution in [3.63, 3.8) is 0 Å². The van der Waals surface area contributed by atoms with Crippen molar-refractivity contribution in [3.05, 3.63) is 232 Å². The monoisotopic (exact) mass is 2380 g/mol. The molecule has 6 aromatic carbocycles. The Hall–Kier alpha value is -12.3. The summed E-state index contributed by atoms with van der Waals surface area (Å²) in [4.78, 5) is 90.2. The number of hydrogen-bond acceptors (Lipinski definition) is 32. The second kappa shape index (κ2) is 54.8. The highest BCUT2D eigenvalue weighted by molar-refractivity contribution is 14.1. The van der Waals surface area contributed by atoms with E-state index in [-0.39, 0.29) is 131 Å². The molecule has 8 saturated heterocycles. The highest BCUT2D eigenvalue weighted by atomic mass is 127. The van der Waals surface area contributed by atoms with Crippen LogP contribution in [0.25, 0.3) is 22.1 Å². The quantitative estimate of drug-likeness (QED) is 0.00355. The van der Waals surface area contributed by atoms with Gasteiger partial charge in [-0.2, -0.15) is 14.6 Å². The summed E-state index contributed by atoms with van der Waals surface area (Å²) in [7, 11) is 11.0. The Morgan fingerprint density at radius 1 is 0.538 bits per heavy atom. The number of anilines is 6. The van der Waals surface area contributed by atoms with Gasteiger partial charge in [-0.3, -0.25) is 49.5 Å². The molecule has 4 atom stereocenters. The number of amides is 4. The maximum absolute atomic E-state index is 15.0. The van der Waals surface area contributed by atoms with Crippen LogP contribution in [0.3, 0.4) is 0 Å². The van der Waals surface area contributed by atoms with Crippen LogP contribution in [-0.2, 0) is 61.7 Å². The minimum absolute atomic E-state index is 0.0261. The molecule has 10 aromatic rings. The molecular formula is C92H104ClF6I3N22O21. The van der Waals surface area contributed by atoms with E-state index >= 15 is 4.39 Å². The van der Waals surface area contributed by atoms with Gasteiger partial charge in [-0.15, -0.1) is 6.42 Å². The van der Waals surface area contributed by atoms with Gasteiger partial charge in [0.15, 0.2) is 5.69 Å². The molecule has 12 heterocycles. The fraction of sp³-hybridized carbons (Fsp3) is 0.391. The fourth-order valence-corrected chi connectivity index (χ4v) is 16.4. The normalized spacial score (nSPS) is 17.1. The molecule has 0 radical (unpaired) electrons. The largest absolute Gasteiger partial charge is 0.397 e. The van der Waals surface area contributed by atoms with E-state index in [9.17, 15) is 71.5 Å². The number of imidazole rings is 2. The number of carbonyl (C=O) groups excluding carboxylic acids is 4. The average Bonchev–Trinajstić information content (AvgIpc) is 1.62. The summed E-state index contributed by atoms with van der Waals surface area (Å²) in [5, 5.41) is 55.3. The Balaban J connectivity index is 0.000000176. The standard InChI is InChI=1S/C26H28FN7O4.C16H21N5O3.C10H8FIN2O.C9H8FIN2O3.C9H10FIN2O.C9H9FN2O3.C6H3ClFNO2.C4H10O3.C3H7NO/c1-4-23(35)32-10-16(8-17(32)11-37-3)34-26(29-2)24(25(28)36)20(31-34)6-5-15-7-21-22(9-19(15)27)33(14-30-21)18-12-38-13-18;1-5-12-14(15(17)23)16(18-3)21(19-12)10-7-11(9-24-4)20(8-10)13(22)6-2;11-7-1-10-9(2-8(7)12)13-5-14(10)6-3-15-4-6;10-6-1-8(12-5-3-16-4-5)9(13(14)15)2-7(6)11;10-6-1-9(8(12)2-7(6)11)13-5-3-14-4-5;10-6-1-2-9(12(13)14)8(3-6)11-7-4-15-5-7;7-4-1-2-6(9(10)11)5(8)3-4;1-5-4(6-2)7-3;4-3-1-5-2-3/h4,7,9,14,16-18,29H,1,8,10-13H2,2-3H3,(H2,28,36);1,6,10-11,18H,2,7-9H2,3-4H3,(H2,17,23);1-2,5-6H,3-4H2;1-2,5,12H,3-4H2;1-2,5,13H,3-4,12H2;1-3,7,11H,4-5H2;1-3H;4H,1-3H3;3H,1-2,4H2/t16-,17+;10-,11+;;;;;;;/m00......./s1. The number of hydrogen-bond donors (Lipinski definition) is 9. The first kappa shape index (κ1) is 115. The topological polar surface area (TPSA) is 541 Å². The number of nitrogens with one attached hydrogen (secondary N) is 5. The second-order valence-corrected chi connectivity index (χ2v) is 36.3. The van der Waals surface area contributed by atoms with Crippen LogP contribution in [0.2, 0.25) is 5.02 Å². The summed E-state index contributed by atoms with van der Waals surface area (Å²) >= 11 is 11.0. The van der Waals surface area contributed by atoms with Crippen molar-refractivity contribution in [1.82, 2.24) is 48.5 Å². The van der Waals surface area contributed by atoms with Crippen LogP contribution in [0.5, 0.6) is 0 Å². The summed E-state index contributed by atoms with van der Waals surface area (Å²) in [6.45, 7) is 15.4. The molecule has 8 aliphatic rings. The van der Waals surface area contributed by atoms with Gasteiger partial charge in [-0.25, -0.2) is 41.3 Å². The summed E-state index contributed by atoms with van der Waals surface area (Å²) in [6, 6.07) is 18.6. The van der Waals surface area contributed by atoms with Gasteiger partial charge < -0.3 is 121 Å². The maximum atomic E-state index is 15.0. The number of likely N-dealkylation sites (tertiary alicyclic amines) is 2. The molecule has 8 fully saturated rings. The molecule has 0 unspecified atom stereocenters. The number of nitrogens with zero attached hydrogens (tertiary/aromatic N) is 13. The second-order valence-electron chi connectivity index (χ2n) is 32.4. The summed E-state index contributed by atoms with van der Waals surface area (Å²) in [6.07, 6.45) is 12.5. The van der Waals surface area contributed by atoms with Crippen LogP contribution in [0.1, 0.15) is 74.7 Å². The molecule has 4 amide bonds. The first-order chi connectivity index (χ1) is 69.3. The van der Waals surface area contributed by atoms with Gasteiger partial charge >= 0.3 is 5.69 Å². The molecule has 145 heavy (non-hydrogen) atoms. The molecule has 8 aliphatic heterocycles. The lowest BCUT2D eigenvalue weighted by molar-refractivity contribution is -0.387. The van der Waals surface area contributed by atoms with Gasteiger partial charge in [0.2, 0.25) is 17.6 Å². The highest BCUT2D eigenvalue weighted by Gasteiger charge is 2.41. The van der Waals surface area contributed by atoms with E-state index in [2.05, 4.69) is 91.9 Å². The van der Waals surface area contributed by atoms with Crippen LogP contribution in [0, 0.1) is 100 Å². The van der Waals surface area contributed by atoms with Crippen molar-refractivity contribution >= 4 is 177 Å². The van der Waals surface area contributed by atoms with Crippen molar-refractivity contribution in [2.75, 3.05) is 188 Å². The van der Waals surface area contributed by atoms with Gasteiger partial charge in [-0.05, 0) is 141 Å². The Bertz CT molecular complexity index is 6380. The number of nitrogens with two attached hydrogens (primary N) is 4. The van der Waals surface area contributed by atoms with Crippen LogP contribution in [-0.4, -0.2) is 285 Å². The van der Waals surface area contributed by atoms with Crippen LogP contribution in [0.4, 0.5) is 77.8 Å². The Kier molecular flexibility index (Phi) is 43.3. The zero-order valence-corrected chi connectivity index (χ0v) is 86.2. The first-order valence-electron chi connectivity index (χ1n) is 43.9. The predicted molar refractivity (Wildman–Crippen MR) is 547 cm³/mol. The fourth-order valence-electron chi connectivity index (χ4n) is 14.9. The van der Waals surface area contributed by atoms with Gasteiger partial charge in [0.1, 0.15) is 68.9 Å². The van der Waals surface area contributed by atoms with E-state index in [1.165, 1.54) is 57.7 Å². The molecule has 0 aliphatic carbocycles. The number of benzene rings is 6. The molecule has 53 heteroatoms. The maximum Gasteiger partial charge on any atom is 0.304 e. The number of primary amides is 2. The van der Waals surface area contributed by atoms with Crippen molar-refractivity contribution < 1.29 is 112 Å². The van der Waals surface area contributed by atoms with Crippen molar-refractivity contribution in [2.24, 2.45) is 17.2 Å². The molecule has 43 nitrogen and oxygen atoms in total. The number of halogens is 10. The molecule has 13 N–H and O–H groups in total. The van der Waals surface area contributed by atoms with Gasteiger partial charge in [-0.1, -0.05) is 30.7 Å². The van der Waals surface area contributed by atoms with Gasteiger partial charge in [0.25, 0.3) is 29.7 Å². The number of aromatic nitrogens is 8. The predicted octanol–water partition coefficient (Wildman–Crippen LogP) is 11.2. The van der Waals surface area contributed by atoms with E-state index in [4.69, 9.17) is 78.9 Å². The zero-order chi connectivity index (χ0) is 106. The zero-order valence-electron chi connectivity index (χ0n) is 78.9. The molecule has 778 valence electrons. The van der Waals surface area contributed by atoms with E-state index in [1.807, 2.05) is 54.3 Å².